The molecule has 0 N–H and O–H groups in total. The highest BCUT2D eigenvalue weighted by molar-refractivity contribution is 6.01. The number of ether oxygens (including phenoxy) is 2. The van der Waals surface area contributed by atoms with Gasteiger partial charge in [0.05, 0.1) is 31.2 Å². The van der Waals surface area contributed by atoms with Crippen LogP contribution in [0.3, 0.4) is 0 Å². The molecule has 0 aliphatic carbocycles. The molecular weight excluding hydrogens is 459 g/mol. The van der Waals surface area contributed by atoms with Gasteiger partial charge in [-0.3, -0.25) is 0 Å². The van der Waals surface area contributed by atoms with E-state index in [1.54, 1.807) is 37.4 Å². The molecule has 1 heterocycles. The van der Waals surface area contributed by atoms with Crippen LogP contribution in [0.25, 0.3) is 16.9 Å². The number of hydrogen-bond acceptors (Lipinski definition) is 5. The SMILES string of the molecule is COC(=O)c1ccccc1CON=C(C)c1cc(-c2ccc(F)cc2)n(-c2ccc(OC)cc2)c1C. The largest absolute Gasteiger partial charge is 0.497 e. The maximum atomic E-state index is 13.6. The Kier molecular flexibility index (Phi) is 7.49. The van der Waals surface area contributed by atoms with Gasteiger partial charge in [0.1, 0.15) is 18.2 Å². The molecule has 4 aromatic rings. The fraction of sp³-hybridized carbons (Fsp3) is 0.172. The highest BCUT2D eigenvalue weighted by Gasteiger charge is 2.18. The lowest BCUT2D eigenvalue weighted by molar-refractivity contribution is 0.0593. The van der Waals surface area contributed by atoms with Crippen LogP contribution in [0.5, 0.6) is 5.75 Å². The number of carbonyl (C=O) groups is 1. The van der Waals surface area contributed by atoms with Crippen LogP contribution < -0.4 is 4.74 Å². The number of methoxy groups -OCH3 is 2. The summed E-state index contributed by atoms with van der Waals surface area (Å²) in [5.74, 6) is 0.0355. The quantitative estimate of drug-likeness (QED) is 0.166. The van der Waals surface area contributed by atoms with E-state index in [0.717, 1.165) is 34.0 Å². The standard InChI is InChI=1S/C29H27FN2O4/c1-19(31-36-18-22-7-5-6-8-26(22)29(33)35-4)27-17-28(21-9-11-23(30)12-10-21)32(20(27)2)24-13-15-25(34-3)16-14-24/h5-17H,18H2,1-4H3. The van der Waals surface area contributed by atoms with Gasteiger partial charge in [-0.1, -0.05) is 23.4 Å². The van der Waals surface area contributed by atoms with Gasteiger partial charge in [-0.15, -0.1) is 0 Å². The first-order valence-electron chi connectivity index (χ1n) is 11.4. The molecule has 0 aliphatic rings. The van der Waals surface area contributed by atoms with Crippen molar-refractivity contribution in [2.45, 2.75) is 20.5 Å². The summed E-state index contributed by atoms with van der Waals surface area (Å²) in [6.45, 7) is 3.98. The maximum absolute atomic E-state index is 13.6. The number of carbonyl (C=O) groups excluding carboxylic acids is 1. The van der Waals surface area contributed by atoms with E-state index >= 15 is 0 Å². The number of esters is 1. The van der Waals surface area contributed by atoms with Crippen molar-refractivity contribution < 1.29 is 23.5 Å². The average Bonchev–Trinajstić information content (AvgIpc) is 3.25. The van der Waals surface area contributed by atoms with E-state index in [-0.39, 0.29) is 12.4 Å². The molecule has 0 amide bonds. The normalized spacial score (nSPS) is 11.3. The van der Waals surface area contributed by atoms with Crippen molar-refractivity contribution in [1.29, 1.82) is 0 Å². The first kappa shape index (κ1) is 24.7. The van der Waals surface area contributed by atoms with E-state index in [4.69, 9.17) is 14.3 Å². The molecule has 0 saturated carbocycles. The molecule has 0 atom stereocenters. The van der Waals surface area contributed by atoms with Gasteiger partial charge in [-0.25, -0.2) is 9.18 Å². The van der Waals surface area contributed by atoms with Crippen LogP contribution in [0.2, 0.25) is 0 Å². The van der Waals surface area contributed by atoms with Gasteiger partial charge in [0.15, 0.2) is 0 Å². The van der Waals surface area contributed by atoms with Crippen LogP contribution >= 0.6 is 0 Å². The van der Waals surface area contributed by atoms with Crippen LogP contribution in [0.15, 0.2) is 84.0 Å². The van der Waals surface area contributed by atoms with Crippen LogP contribution in [0.1, 0.15) is 34.1 Å². The van der Waals surface area contributed by atoms with Gasteiger partial charge >= 0.3 is 5.97 Å². The van der Waals surface area contributed by atoms with Gasteiger partial charge in [0, 0.05) is 22.5 Å². The zero-order valence-corrected chi connectivity index (χ0v) is 20.6. The molecule has 0 saturated heterocycles. The Bertz CT molecular complexity index is 1390. The summed E-state index contributed by atoms with van der Waals surface area (Å²) in [7, 11) is 2.97. The molecule has 1 aromatic heterocycles. The van der Waals surface area contributed by atoms with Crippen LogP contribution in [-0.2, 0) is 16.2 Å². The molecule has 0 spiro atoms. The zero-order valence-electron chi connectivity index (χ0n) is 20.6. The summed E-state index contributed by atoms with van der Waals surface area (Å²) < 4.78 is 25.9. The molecule has 6 nitrogen and oxygen atoms in total. The number of oxime groups is 1. The Morgan fingerprint density at radius 3 is 2.31 bits per heavy atom. The molecule has 184 valence electrons. The molecule has 0 fully saturated rings. The summed E-state index contributed by atoms with van der Waals surface area (Å²) in [5.41, 5.74) is 6.29. The lowest BCUT2D eigenvalue weighted by atomic mass is 10.1. The minimum atomic E-state index is -0.425. The number of aromatic nitrogens is 1. The summed E-state index contributed by atoms with van der Waals surface area (Å²) in [5, 5.41) is 4.33. The lowest BCUT2D eigenvalue weighted by Gasteiger charge is -2.13. The first-order chi connectivity index (χ1) is 17.4. The smallest absolute Gasteiger partial charge is 0.338 e. The third kappa shape index (κ3) is 5.15. The van der Waals surface area contributed by atoms with Crippen molar-refractivity contribution in [2.75, 3.05) is 14.2 Å². The maximum Gasteiger partial charge on any atom is 0.338 e. The Morgan fingerprint density at radius 2 is 1.64 bits per heavy atom. The fourth-order valence-electron chi connectivity index (χ4n) is 4.07. The number of rotatable bonds is 8. The topological polar surface area (TPSA) is 62.0 Å². The fourth-order valence-corrected chi connectivity index (χ4v) is 4.07. The second kappa shape index (κ2) is 10.9. The van der Waals surface area contributed by atoms with E-state index in [2.05, 4.69) is 9.72 Å². The lowest BCUT2D eigenvalue weighted by Crippen LogP contribution is -2.06. The van der Waals surface area contributed by atoms with Gasteiger partial charge in [0.2, 0.25) is 0 Å². The Hall–Kier alpha value is -4.39. The summed E-state index contributed by atoms with van der Waals surface area (Å²) in [4.78, 5) is 17.7. The third-order valence-corrected chi connectivity index (χ3v) is 5.95. The molecule has 0 radical (unpaired) electrons. The molecule has 3 aromatic carbocycles. The van der Waals surface area contributed by atoms with Crippen LogP contribution in [-0.4, -0.2) is 30.5 Å². The zero-order chi connectivity index (χ0) is 25.7. The van der Waals surface area contributed by atoms with Gasteiger partial charge in [-0.2, -0.15) is 0 Å². The molecular formula is C29H27FN2O4. The van der Waals surface area contributed by atoms with Crippen LogP contribution in [0.4, 0.5) is 4.39 Å². The number of nitrogens with zero attached hydrogens (tertiary/aromatic N) is 2. The average molecular weight is 487 g/mol. The minimum Gasteiger partial charge on any atom is -0.497 e. The Balaban J connectivity index is 1.69. The highest BCUT2D eigenvalue weighted by Crippen LogP contribution is 2.31. The summed E-state index contributed by atoms with van der Waals surface area (Å²) >= 11 is 0. The molecule has 0 bridgehead atoms. The van der Waals surface area contributed by atoms with Crippen molar-refractivity contribution in [3.05, 3.63) is 107 Å². The molecule has 4 rings (SSSR count). The Morgan fingerprint density at radius 1 is 0.944 bits per heavy atom. The van der Waals surface area contributed by atoms with E-state index < -0.39 is 5.97 Å². The molecule has 7 heteroatoms. The van der Waals surface area contributed by atoms with Crippen LogP contribution in [0, 0.1) is 12.7 Å². The molecule has 36 heavy (non-hydrogen) atoms. The third-order valence-electron chi connectivity index (χ3n) is 5.95. The van der Waals surface area contributed by atoms with E-state index in [0.29, 0.717) is 16.8 Å². The monoisotopic (exact) mass is 486 g/mol. The van der Waals surface area contributed by atoms with E-state index in [1.165, 1.54) is 19.2 Å². The van der Waals surface area contributed by atoms with Gasteiger partial charge < -0.3 is 18.9 Å². The summed E-state index contributed by atoms with van der Waals surface area (Å²) in [6, 6.07) is 23.2. The van der Waals surface area contributed by atoms with Crippen molar-refractivity contribution in [1.82, 2.24) is 4.57 Å². The van der Waals surface area contributed by atoms with Crippen molar-refractivity contribution in [2.24, 2.45) is 5.16 Å². The highest BCUT2D eigenvalue weighted by atomic mass is 19.1. The number of hydrogen-bond donors (Lipinski definition) is 0. The first-order valence-corrected chi connectivity index (χ1v) is 11.4. The number of benzene rings is 3. The molecule has 0 unspecified atom stereocenters. The van der Waals surface area contributed by atoms with Crippen molar-refractivity contribution in [3.63, 3.8) is 0 Å². The minimum absolute atomic E-state index is 0.117. The molecule has 0 aliphatic heterocycles. The summed E-state index contributed by atoms with van der Waals surface area (Å²) in [6.07, 6.45) is 0. The van der Waals surface area contributed by atoms with E-state index in [9.17, 15) is 9.18 Å². The predicted octanol–water partition coefficient (Wildman–Crippen LogP) is 6.33. The second-order valence-corrected chi connectivity index (χ2v) is 8.17. The van der Waals surface area contributed by atoms with E-state index in [1.807, 2.05) is 50.2 Å². The Labute approximate surface area is 209 Å². The predicted molar refractivity (Wildman–Crippen MR) is 137 cm³/mol. The van der Waals surface area contributed by atoms with Gasteiger partial charge in [-0.05, 0) is 80.1 Å². The van der Waals surface area contributed by atoms with Gasteiger partial charge in [0.25, 0.3) is 0 Å². The second-order valence-electron chi connectivity index (χ2n) is 8.17. The van der Waals surface area contributed by atoms with Crippen molar-refractivity contribution in [3.8, 4) is 22.7 Å². The van der Waals surface area contributed by atoms with Crippen molar-refractivity contribution >= 4 is 11.7 Å². The number of halogens is 1.